The lowest BCUT2D eigenvalue weighted by Gasteiger charge is -2.18. The molecular formula is C23H25N3O5. The van der Waals surface area contributed by atoms with Crippen LogP contribution in [-0.4, -0.2) is 41.9 Å². The third-order valence-corrected chi connectivity index (χ3v) is 5.22. The minimum Gasteiger partial charge on any atom is -0.455 e. The Bertz CT molecular complexity index is 1030. The van der Waals surface area contributed by atoms with Crippen LogP contribution >= 0.6 is 0 Å². The molecule has 0 unspecified atom stereocenters. The van der Waals surface area contributed by atoms with Gasteiger partial charge in [0.05, 0.1) is 12.5 Å². The number of anilines is 1. The van der Waals surface area contributed by atoms with Crippen molar-refractivity contribution in [3.63, 3.8) is 0 Å². The summed E-state index contributed by atoms with van der Waals surface area (Å²) in [4.78, 5) is 49.0. The van der Waals surface area contributed by atoms with Gasteiger partial charge in [-0.1, -0.05) is 24.3 Å². The molecule has 8 heteroatoms. The highest BCUT2D eigenvalue weighted by Gasteiger charge is 2.36. The summed E-state index contributed by atoms with van der Waals surface area (Å²) >= 11 is 0. The predicted octanol–water partition coefficient (Wildman–Crippen LogP) is 2.29. The van der Waals surface area contributed by atoms with Gasteiger partial charge in [-0.2, -0.15) is 0 Å². The Kier molecular flexibility index (Phi) is 6.69. The molecule has 31 heavy (non-hydrogen) atoms. The van der Waals surface area contributed by atoms with Gasteiger partial charge >= 0.3 is 5.97 Å². The fraction of sp³-hybridized carbons (Fsp3) is 0.304. The average Bonchev–Trinajstić information content (AvgIpc) is 3.09. The Labute approximate surface area is 180 Å². The van der Waals surface area contributed by atoms with Crippen LogP contribution in [0.5, 0.6) is 0 Å². The van der Waals surface area contributed by atoms with Crippen LogP contribution in [0.2, 0.25) is 0 Å². The van der Waals surface area contributed by atoms with E-state index in [1.165, 1.54) is 0 Å². The Morgan fingerprint density at radius 3 is 2.48 bits per heavy atom. The highest BCUT2D eigenvalue weighted by atomic mass is 16.5. The van der Waals surface area contributed by atoms with Crippen LogP contribution in [0, 0.1) is 26.7 Å². The third kappa shape index (κ3) is 5.48. The minimum atomic E-state index is -0.751. The van der Waals surface area contributed by atoms with E-state index in [2.05, 4.69) is 10.7 Å². The number of hydrogen-bond donors (Lipinski definition) is 2. The number of esters is 1. The molecule has 3 rings (SSSR count). The van der Waals surface area contributed by atoms with Crippen LogP contribution in [0.1, 0.15) is 33.5 Å². The van der Waals surface area contributed by atoms with Gasteiger partial charge in [0.25, 0.3) is 11.8 Å². The molecule has 2 aromatic rings. The molecule has 2 aromatic carbocycles. The summed E-state index contributed by atoms with van der Waals surface area (Å²) in [6.45, 7) is 5.24. The standard InChI is InChI=1S/C23H25N3O5/c1-14-8-9-18(10-16(14)3)24-20(27)13-31-23(30)17-11-21(28)26(12-17)25-22(29)19-7-5-4-6-15(19)2/h4-10,17H,11-13H2,1-3H3,(H,24,27)(H,25,29)/t17-/m1/s1. The maximum Gasteiger partial charge on any atom is 0.311 e. The number of amides is 3. The number of aryl methyl sites for hydroxylation is 3. The number of hydrazine groups is 1. The van der Waals surface area contributed by atoms with Crippen molar-refractivity contribution in [1.29, 1.82) is 0 Å². The molecule has 0 saturated carbocycles. The van der Waals surface area contributed by atoms with E-state index in [0.29, 0.717) is 11.3 Å². The van der Waals surface area contributed by atoms with Gasteiger partial charge in [-0.05, 0) is 55.7 Å². The van der Waals surface area contributed by atoms with Crippen molar-refractivity contribution in [3.05, 3.63) is 64.7 Å². The lowest BCUT2D eigenvalue weighted by Crippen LogP contribution is -2.43. The summed E-state index contributed by atoms with van der Waals surface area (Å²) < 4.78 is 5.08. The Morgan fingerprint density at radius 1 is 1.03 bits per heavy atom. The summed E-state index contributed by atoms with van der Waals surface area (Å²) in [5.74, 6) is -2.68. The minimum absolute atomic E-state index is 0.00589. The largest absolute Gasteiger partial charge is 0.455 e. The second kappa shape index (κ2) is 9.42. The fourth-order valence-electron chi connectivity index (χ4n) is 3.25. The fourth-order valence-corrected chi connectivity index (χ4v) is 3.25. The summed E-state index contributed by atoms with van der Waals surface area (Å²) in [5, 5.41) is 3.79. The highest BCUT2D eigenvalue weighted by molar-refractivity contribution is 5.98. The van der Waals surface area contributed by atoms with E-state index in [4.69, 9.17) is 4.74 Å². The summed E-state index contributed by atoms with van der Waals surface area (Å²) in [7, 11) is 0. The SMILES string of the molecule is Cc1ccc(NC(=O)COC(=O)[C@@H]2CC(=O)N(NC(=O)c3ccccc3C)C2)cc1C. The summed E-state index contributed by atoms with van der Waals surface area (Å²) in [5.41, 5.74) is 6.52. The first-order chi connectivity index (χ1) is 14.7. The molecule has 1 atom stereocenters. The first-order valence-corrected chi connectivity index (χ1v) is 9.95. The third-order valence-electron chi connectivity index (χ3n) is 5.22. The highest BCUT2D eigenvalue weighted by Crippen LogP contribution is 2.19. The summed E-state index contributed by atoms with van der Waals surface area (Å²) in [6, 6.07) is 12.5. The van der Waals surface area contributed by atoms with Gasteiger partial charge < -0.3 is 10.1 Å². The Hall–Kier alpha value is -3.68. The lowest BCUT2D eigenvalue weighted by molar-refractivity contribution is -0.151. The van der Waals surface area contributed by atoms with Gasteiger partial charge in [0.15, 0.2) is 6.61 Å². The van der Waals surface area contributed by atoms with Crippen LogP contribution in [0.25, 0.3) is 0 Å². The zero-order valence-electron chi connectivity index (χ0n) is 17.7. The molecule has 0 aliphatic carbocycles. The zero-order valence-corrected chi connectivity index (χ0v) is 17.7. The number of nitrogens with zero attached hydrogens (tertiary/aromatic N) is 1. The smallest absolute Gasteiger partial charge is 0.311 e. The topological polar surface area (TPSA) is 105 Å². The first kappa shape index (κ1) is 22.0. The zero-order chi connectivity index (χ0) is 22.5. The molecular weight excluding hydrogens is 398 g/mol. The second-order valence-corrected chi connectivity index (χ2v) is 7.62. The van der Waals surface area contributed by atoms with E-state index in [-0.39, 0.29) is 18.9 Å². The van der Waals surface area contributed by atoms with Crippen molar-refractivity contribution in [2.75, 3.05) is 18.5 Å². The maximum absolute atomic E-state index is 12.4. The van der Waals surface area contributed by atoms with E-state index in [9.17, 15) is 19.2 Å². The second-order valence-electron chi connectivity index (χ2n) is 7.62. The molecule has 0 radical (unpaired) electrons. The van der Waals surface area contributed by atoms with Crippen LogP contribution in [0.4, 0.5) is 5.69 Å². The number of carbonyl (C=O) groups is 4. The molecule has 1 aliphatic heterocycles. The lowest BCUT2D eigenvalue weighted by atomic mass is 10.1. The molecule has 2 N–H and O–H groups in total. The van der Waals surface area contributed by atoms with Crippen molar-refractivity contribution in [2.24, 2.45) is 5.92 Å². The quantitative estimate of drug-likeness (QED) is 0.694. The molecule has 0 aromatic heterocycles. The molecule has 1 aliphatic rings. The molecule has 0 bridgehead atoms. The number of benzene rings is 2. The predicted molar refractivity (Wildman–Crippen MR) is 114 cm³/mol. The van der Waals surface area contributed by atoms with E-state index >= 15 is 0 Å². The molecule has 8 nitrogen and oxygen atoms in total. The first-order valence-electron chi connectivity index (χ1n) is 9.95. The summed E-state index contributed by atoms with van der Waals surface area (Å²) in [6.07, 6.45) is -0.0916. The molecule has 1 saturated heterocycles. The van der Waals surface area contributed by atoms with Gasteiger partial charge in [-0.15, -0.1) is 0 Å². The number of ether oxygens (including phenoxy) is 1. The van der Waals surface area contributed by atoms with Gasteiger partial charge in [0.1, 0.15) is 0 Å². The van der Waals surface area contributed by atoms with Crippen LogP contribution in [0.3, 0.4) is 0 Å². The number of carbonyl (C=O) groups excluding carboxylic acids is 4. The van der Waals surface area contributed by atoms with Gasteiger partial charge in [0.2, 0.25) is 5.91 Å². The molecule has 3 amide bonds. The van der Waals surface area contributed by atoms with Crippen LogP contribution < -0.4 is 10.7 Å². The molecule has 162 valence electrons. The van der Waals surface area contributed by atoms with Crippen LogP contribution in [-0.2, 0) is 19.1 Å². The van der Waals surface area contributed by atoms with Crippen molar-refractivity contribution < 1.29 is 23.9 Å². The maximum atomic E-state index is 12.4. The van der Waals surface area contributed by atoms with E-state index in [1.54, 1.807) is 31.2 Å². The van der Waals surface area contributed by atoms with E-state index < -0.39 is 30.3 Å². The molecule has 1 heterocycles. The van der Waals surface area contributed by atoms with Crippen molar-refractivity contribution >= 4 is 29.4 Å². The molecule has 0 spiro atoms. The Morgan fingerprint density at radius 2 is 1.77 bits per heavy atom. The van der Waals surface area contributed by atoms with Crippen molar-refractivity contribution in [1.82, 2.24) is 10.4 Å². The van der Waals surface area contributed by atoms with Gasteiger partial charge in [-0.25, -0.2) is 0 Å². The number of nitrogens with one attached hydrogen (secondary N) is 2. The van der Waals surface area contributed by atoms with E-state index in [0.717, 1.165) is 21.7 Å². The molecule has 1 fully saturated rings. The van der Waals surface area contributed by atoms with Crippen LogP contribution in [0.15, 0.2) is 42.5 Å². The van der Waals surface area contributed by atoms with Crippen molar-refractivity contribution in [3.8, 4) is 0 Å². The monoisotopic (exact) mass is 423 g/mol. The van der Waals surface area contributed by atoms with Gasteiger partial charge in [0, 0.05) is 17.7 Å². The number of rotatable bonds is 6. The number of hydrogen-bond acceptors (Lipinski definition) is 5. The van der Waals surface area contributed by atoms with Gasteiger partial charge in [-0.3, -0.25) is 29.6 Å². The normalized spacial score (nSPS) is 15.5. The van der Waals surface area contributed by atoms with Crippen molar-refractivity contribution in [2.45, 2.75) is 27.2 Å². The van der Waals surface area contributed by atoms with E-state index in [1.807, 2.05) is 32.0 Å². The Balaban J connectivity index is 1.49. The average molecular weight is 423 g/mol.